The van der Waals surface area contributed by atoms with Crippen molar-refractivity contribution >= 4 is 23.6 Å². The molecule has 0 heterocycles. The minimum Gasteiger partial charge on any atom is -0.508 e. The van der Waals surface area contributed by atoms with Crippen LogP contribution in [0.25, 0.3) is 6.08 Å². The molecule has 130 valence electrons. The number of anilines is 1. The second-order valence-corrected chi connectivity index (χ2v) is 4.97. The van der Waals surface area contributed by atoms with Crippen LogP contribution < -0.4 is 14.8 Å². The third-order valence-electron chi connectivity index (χ3n) is 3.33. The van der Waals surface area contributed by atoms with E-state index < -0.39 is 11.9 Å². The van der Waals surface area contributed by atoms with E-state index in [0.717, 1.165) is 0 Å². The van der Waals surface area contributed by atoms with Gasteiger partial charge in [0, 0.05) is 12.1 Å². The summed E-state index contributed by atoms with van der Waals surface area (Å²) in [4.78, 5) is 23.2. The Morgan fingerprint density at radius 1 is 1.04 bits per heavy atom. The van der Waals surface area contributed by atoms with Crippen molar-refractivity contribution in [3.8, 4) is 17.2 Å². The zero-order valence-corrected chi connectivity index (χ0v) is 13.6. The van der Waals surface area contributed by atoms with Crippen molar-refractivity contribution in [2.24, 2.45) is 0 Å². The molecule has 0 saturated carbocycles. The van der Waals surface area contributed by atoms with Gasteiger partial charge >= 0.3 is 5.97 Å². The van der Waals surface area contributed by atoms with Crippen LogP contribution in [0.4, 0.5) is 5.69 Å². The minimum atomic E-state index is -1.21. The number of hydrogen-bond donors (Lipinski definition) is 3. The maximum atomic E-state index is 12.0. The van der Waals surface area contributed by atoms with Gasteiger partial charge in [0.05, 0.1) is 25.5 Å². The Balaban J connectivity index is 2.17. The fraction of sp³-hybridized carbons (Fsp3) is 0.111. The number of hydrogen-bond acceptors (Lipinski definition) is 5. The Kier molecular flexibility index (Phi) is 5.62. The van der Waals surface area contributed by atoms with Crippen molar-refractivity contribution in [3.05, 3.63) is 53.6 Å². The van der Waals surface area contributed by atoms with Crippen LogP contribution in [-0.4, -0.2) is 36.3 Å². The number of carboxylic acids is 1. The summed E-state index contributed by atoms with van der Waals surface area (Å²) < 4.78 is 10.3. The number of amides is 1. The molecular weight excluding hydrogens is 326 g/mol. The smallest absolute Gasteiger partial charge is 0.337 e. The zero-order valence-electron chi connectivity index (χ0n) is 13.6. The molecule has 3 N–H and O–H groups in total. The van der Waals surface area contributed by atoms with E-state index >= 15 is 0 Å². The first kappa shape index (κ1) is 17.9. The highest BCUT2D eigenvalue weighted by atomic mass is 16.5. The SMILES string of the molecule is COc1ccc(/C=C/C(=O)Nc2cc(O)ccc2C(=O)O)cc1OC. The second-order valence-electron chi connectivity index (χ2n) is 4.97. The molecule has 2 rings (SSSR count). The van der Waals surface area contributed by atoms with Crippen molar-refractivity contribution in [2.45, 2.75) is 0 Å². The van der Waals surface area contributed by atoms with Crippen molar-refractivity contribution in [3.63, 3.8) is 0 Å². The van der Waals surface area contributed by atoms with Gasteiger partial charge in [-0.25, -0.2) is 4.79 Å². The summed E-state index contributed by atoms with van der Waals surface area (Å²) in [5.74, 6) is -0.813. The molecule has 0 aliphatic rings. The van der Waals surface area contributed by atoms with E-state index in [-0.39, 0.29) is 17.0 Å². The zero-order chi connectivity index (χ0) is 18.4. The summed E-state index contributed by atoms with van der Waals surface area (Å²) in [5, 5.41) is 21.0. The highest BCUT2D eigenvalue weighted by molar-refractivity contribution is 6.06. The van der Waals surface area contributed by atoms with Crippen LogP contribution in [-0.2, 0) is 4.79 Å². The Labute approximate surface area is 144 Å². The number of carbonyl (C=O) groups is 2. The van der Waals surface area contributed by atoms with Crippen LogP contribution in [0.15, 0.2) is 42.5 Å². The number of ether oxygens (including phenoxy) is 2. The molecule has 2 aromatic rings. The van der Waals surface area contributed by atoms with Crippen LogP contribution in [0.3, 0.4) is 0 Å². The quantitative estimate of drug-likeness (QED) is 0.697. The van der Waals surface area contributed by atoms with Gasteiger partial charge in [-0.1, -0.05) is 6.07 Å². The number of methoxy groups -OCH3 is 2. The molecule has 0 saturated heterocycles. The summed E-state index contributed by atoms with van der Waals surface area (Å²) in [6, 6.07) is 8.76. The van der Waals surface area contributed by atoms with E-state index in [1.54, 1.807) is 24.3 Å². The average molecular weight is 343 g/mol. The van der Waals surface area contributed by atoms with E-state index in [2.05, 4.69) is 5.32 Å². The predicted molar refractivity (Wildman–Crippen MR) is 92.3 cm³/mol. The monoisotopic (exact) mass is 343 g/mol. The molecule has 25 heavy (non-hydrogen) atoms. The molecule has 7 nitrogen and oxygen atoms in total. The number of carboxylic acid groups (broad SMARTS) is 1. The highest BCUT2D eigenvalue weighted by Crippen LogP contribution is 2.28. The topological polar surface area (TPSA) is 105 Å². The normalized spacial score (nSPS) is 10.5. The van der Waals surface area contributed by atoms with Crippen LogP contribution in [0.2, 0.25) is 0 Å². The molecule has 2 aromatic carbocycles. The first-order valence-electron chi connectivity index (χ1n) is 7.22. The Bertz CT molecular complexity index is 828. The van der Waals surface area contributed by atoms with Gasteiger partial charge in [0.15, 0.2) is 11.5 Å². The summed E-state index contributed by atoms with van der Waals surface area (Å²) in [7, 11) is 3.03. The molecule has 0 atom stereocenters. The van der Waals surface area contributed by atoms with E-state index in [1.807, 2.05) is 0 Å². The molecule has 0 aliphatic carbocycles. The number of phenols is 1. The summed E-state index contributed by atoms with van der Waals surface area (Å²) in [5.41, 5.74) is 0.585. The Hall–Kier alpha value is -3.48. The minimum absolute atomic E-state index is 0.00876. The Morgan fingerprint density at radius 2 is 1.76 bits per heavy atom. The summed E-state index contributed by atoms with van der Waals surface area (Å²) in [6.45, 7) is 0. The average Bonchev–Trinajstić information content (AvgIpc) is 2.59. The van der Waals surface area contributed by atoms with Crippen molar-refractivity contribution in [2.75, 3.05) is 19.5 Å². The fourth-order valence-corrected chi connectivity index (χ4v) is 2.12. The maximum Gasteiger partial charge on any atom is 0.337 e. The standard InChI is InChI=1S/C18H17NO6/c1-24-15-7-3-11(9-16(15)25-2)4-8-17(21)19-14-10-12(20)5-6-13(14)18(22)23/h3-10,20H,1-2H3,(H,19,21)(H,22,23)/b8-4+. The number of aromatic carboxylic acids is 1. The molecule has 0 aliphatic heterocycles. The van der Waals surface area contributed by atoms with Gasteiger partial charge in [0.1, 0.15) is 5.75 Å². The lowest BCUT2D eigenvalue weighted by atomic mass is 10.1. The van der Waals surface area contributed by atoms with Gasteiger partial charge in [-0.05, 0) is 35.9 Å². The van der Waals surface area contributed by atoms with Crippen LogP contribution >= 0.6 is 0 Å². The first-order chi connectivity index (χ1) is 11.9. The van der Waals surface area contributed by atoms with Crippen LogP contribution in [0, 0.1) is 0 Å². The van der Waals surface area contributed by atoms with Crippen LogP contribution in [0.1, 0.15) is 15.9 Å². The number of nitrogens with one attached hydrogen (secondary N) is 1. The lowest BCUT2D eigenvalue weighted by Crippen LogP contribution is -2.11. The lowest BCUT2D eigenvalue weighted by Gasteiger charge is -2.08. The van der Waals surface area contributed by atoms with Gasteiger partial charge in [-0.2, -0.15) is 0 Å². The number of rotatable bonds is 6. The molecule has 0 bridgehead atoms. The predicted octanol–water partition coefficient (Wildman–Crippen LogP) is 2.76. The van der Waals surface area contributed by atoms with Gasteiger partial charge < -0.3 is 25.0 Å². The van der Waals surface area contributed by atoms with Crippen LogP contribution in [0.5, 0.6) is 17.2 Å². The van der Waals surface area contributed by atoms with Crippen molar-refractivity contribution < 1.29 is 29.3 Å². The third kappa shape index (κ3) is 4.51. The van der Waals surface area contributed by atoms with E-state index in [4.69, 9.17) is 14.6 Å². The molecule has 0 aromatic heterocycles. The molecule has 1 amide bonds. The number of benzene rings is 2. The van der Waals surface area contributed by atoms with Gasteiger partial charge in [-0.3, -0.25) is 4.79 Å². The highest BCUT2D eigenvalue weighted by Gasteiger charge is 2.12. The fourth-order valence-electron chi connectivity index (χ4n) is 2.12. The van der Waals surface area contributed by atoms with Gasteiger partial charge in [0.25, 0.3) is 0 Å². The van der Waals surface area contributed by atoms with Crippen molar-refractivity contribution in [1.82, 2.24) is 0 Å². The first-order valence-corrected chi connectivity index (χ1v) is 7.22. The summed E-state index contributed by atoms with van der Waals surface area (Å²) in [6.07, 6.45) is 2.79. The van der Waals surface area contributed by atoms with E-state index in [9.17, 15) is 14.7 Å². The van der Waals surface area contributed by atoms with Crippen molar-refractivity contribution in [1.29, 1.82) is 0 Å². The van der Waals surface area contributed by atoms with Gasteiger partial charge in [0.2, 0.25) is 5.91 Å². The molecule has 0 unspecified atom stereocenters. The Morgan fingerprint density at radius 3 is 2.40 bits per heavy atom. The molecule has 0 radical (unpaired) electrons. The maximum absolute atomic E-state index is 12.0. The largest absolute Gasteiger partial charge is 0.508 e. The third-order valence-corrected chi connectivity index (χ3v) is 3.33. The number of phenolic OH excluding ortho intramolecular Hbond substituents is 1. The second kappa shape index (κ2) is 7.87. The molecule has 0 spiro atoms. The number of aromatic hydroxyl groups is 1. The van der Waals surface area contributed by atoms with E-state index in [1.165, 1.54) is 38.5 Å². The summed E-state index contributed by atoms with van der Waals surface area (Å²) >= 11 is 0. The van der Waals surface area contributed by atoms with Gasteiger partial charge in [-0.15, -0.1) is 0 Å². The number of carbonyl (C=O) groups excluding carboxylic acids is 1. The lowest BCUT2D eigenvalue weighted by molar-refractivity contribution is -0.111. The molecule has 0 fully saturated rings. The van der Waals surface area contributed by atoms with E-state index in [0.29, 0.717) is 17.1 Å². The molecular formula is C18H17NO6. The molecule has 7 heteroatoms.